The second-order valence-corrected chi connectivity index (χ2v) is 5.14. The molecule has 0 aliphatic rings. The van der Waals surface area contributed by atoms with Gasteiger partial charge in [-0.15, -0.1) is 0 Å². The van der Waals surface area contributed by atoms with E-state index in [4.69, 9.17) is 11.6 Å². The van der Waals surface area contributed by atoms with Crippen molar-refractivity contribution in [1.82, 2.24) is 20.6 Å². The molecule has 0 aliphatic heterocycles. The van der Waals surface area contributed by atoms with Gasteiger partial charge in [0.1, 0.15) is 0 Å². The van der Waals surface area contributed by atoms with E-state index in [1.165, 1.54) is 0 Å². The van der Waals surface area contributed by atoms with E-state index in [2.05, 4.69) is 25.9 Å². The lowest BCUT2D eigenvalue weighted by molar-refractivity contribution is 0.173. The molecule has 23 heavy (non-hydrogen) atoms. The fourth-order valence-corrected chi connectivity index (χ4v) is 2.02. The average molecular weight is 336 g/mol. The molecule has 0 radical (unpaired) electrons. The summed E-state index contributed by atoms with van der Waals surface area (Å²) >= 11 is 5.86. The first-order valence-electron chi connectivity index (χ1n) is 7.11. The van der Waals surface area contributed by atoms with Crippen molar-refractivity contribution in [2.75, 3.05) is 25.0 Å². The summed E-state index contributed by atoms with van der Waals surface area (Å²) in [6.07, 6.45) is 2.45. The van der Waals surface area contributed by atoms with Gasteiger partial charge in [0.05, 0.1) is 6.10 Å². The largest absolute Gasteiger partial charge is 0.387 e. The molecule has 4 N–H and O–H groups in total. The first kappa shape index (κ1) is 17.0. The number of hydrogen-bond donors (Lipinski definition) is 4. The van der Waals surface area contributed by atoms with Gasteiger partial charge in [0, 0.05) is 37.1 Å². The van der Waals surface area contributed by atoms with Crippen molar-refractivity contribution in [2.45, 2.75) is 6.10 Å². The minimum Gasteiger partial charge on any atom is -0.387 e. The van der Waals surface area contributed by atoms with Gasteiger partial charge in [0.25, 0.3) is 0 Å². The van der Waals surface area contributed by atoms with Crippen LogP contribution in [0.1, 0.15) is 11.7 Å². The third kappa shape index (κ3) is 6.09. The number of aliphatic hydroxyl groups excluding tert-OH is 1. The Hall–Kier alpha value is -2.38. The molecule has 2 rings (SSSR count). The lowest BCUT2D eigenvalue weighted by Gasteiger charge is -2.13. The van der Waals surface area contributed by atoms with Gasteiger partial charge >= 0.3 is 6.03 Å². The highest BCUT2D eigenvalue weighted by atomic mass is 35.5. The van der Waals surface area contributed by atoms with Crippen LogP contribution < -0.4 is 16.0 Å². The van der Waals surface area contributed by atoms with E-state index in [1.807, 2.05) is 0 Å². The zero-order valence-electron chi connectivity index (χ0n) is 12.4. The van der Waals surface area contributed by atoms with Crippen LogP contribution in [0.2, 0.25) is 5.02 Å². The highest BCUT2D eigenvalue weighted by Gasteiger charge is 2.09. The van der Waals surface area contributed by atoms with Crippen molar-refractivity contribution in [1.29, 1.82) is 0 Å². The number of urea groups is 1. The van der Waals surface area contributed by atoms with Crippen LogP contribution >= 0.6 is 11.6 Å². The van der Waals surface area contributed by atoms with Gasteiger partial charge in [-0.05, 0) is 23.8 Å². The number of carbonyl (C=O) groups excluding carboxylic acids is 1. The summed E-state index contributed by atoms with van der Waals surface area (Å²) in [6.45, 7) is 0.993. The van der Waals surface area contributed by atoms with E-state index in [9.17, 15) is 9.90 Å². The van der Waals surface area contributed by atoms with Crippen LogP contribution in [0.4, 0.5) is 10.7 Å². The smallest absolute Gasteiger partial charge is 0.314 e. The molecule has 0 saturated heterocycles. The number of aliphatic hydroxyl groups is 1. The molecule has 0 spiro atoms. The standard InChI is InChI=1S/C15H18ClN5O2/c16-12-4-1-3-11(9-12)13(22)10-21-15(23)20-8-7-19-14-17-5-2-6-18-14/h1-6,9,13,22H,7-8,10H2,(H,17,18,19)(H2,20,21,23). The second kappa shape index (κ2) is 8.92. The Morgan fingerprint density at radius 2 is 1.96 bits per heavy atom. The maximum absolute atomic E-state index is 11.6. The summed E-state index contributed by atoms with van der Waals surface area (Å²) in [4.78, 5) is 19.6. The SMILES string of the molecule is O=C(NCCNc1ncccn1)NCC(O)c1cccc(Cl)c1. The topological polar surface area (TPSA) is 99.2 Å². The molecule has 0 saturated carbocycles. The Morgan fingerprint density at radius 1 is 1.17 bits per heavy atom. The van der Waals surface area contributed by atoms with Crippen LogP contribution in [-0.2, 0) is 0 Å². The predicted molar refractivity (Wildman–Crippen MR) is 88.3 cm³/mol. The molecule has 0 aliphatic carbocycles. The average Bonchev–Trinajstić information content (AvgIpc) is 2.57. The highest BCUT2D eigenvalue weighted by Crippen LogP contribution is 2.16. The van der Waals surface area contributed by atoms with E-state index in [1.54, 1.807) is 42.7 Å². The molecular weight excluding hydrogens is 318 g/mol. The second-order valence-electron chi connectivity index (χ2n) is 4.71. The molecule has 1 aromatic heterocycles. The third-order valence-electron chi connectivity index (χ3n) is 2.95. The number of nitrogens with one attached hydrogen (secondary N) is 3. The quantitative estimate of drug-likeness (QED) is 0.576. The van der Waals surface area contributed by atoms with Crippen LogP contribution in [0.25, 0.3) is 0 Å². The van der Waals surface area contributed by atoms with E-state index in [0.717, 1.165) is 0 Å². The summed E-state index contributed by atoms with van der Waals surface area (Å²) < 4.78 is 0. The summed E-state index contributed by atoms with van der Waals surface area (Å²) in [5, 5.41) is 18.8. The molecule has 7 nitrogen and oxygen atoms in total. The molecule has 2 aromatic rings. The van der Waals surface area contributed by atoms with Crippen molar-refractivity contribution in [3.8, 4) is 0 Å². The molecule has 8 heteroatoms. The summed E-state index contributed by atoms with van der Waals surface area (Å²) in [5.74, 6) is 0.506. The van der Waals surface area contributed by atoms with Crippen molar-refractivity contribution in [2.24, 2.45) is 0 Å². The van der Waals surface area contributed by atoms with Gasteiger partial charge < -0.3 is 21.1 Å². The third-order valence-corrected chi connectivity index (χ3v) is 3.18. The van der Waals surface area contributed by atoms with Gasteiger partial charge in [-0.1, -0.05) is 23.7 Å². The van der Waals surface area contributed by atoms with E-state index >= 15 is 0 Å². The maximum Gasteiger partial charge on any atom is 0.314 e. The Bertz CT molecular complexity index is 626. The van der Waals surface area contributed by atoms with Crippen LogP contribution in [0.3, 0.4) is 0 Å². The number of carbonyl (C=O) groups is 1. The number of hydrogen-bond acceptors (Lipinski definition) is 5. The van der Waals surface area contributed by atoms with Gasteiger partial charge in [-0.3, -0.25) is 0 Å². The summed E-state index contributed by atoms with van der Waals surface area (Å²) in [5.41, 5.74) is 0.653. The Kier molecular flexibility index (Phi) is 6.58. The number of anilines is 1. The number of aromatic nitrogens is 2. The van der Waals surface area contributed by atoms with E-state index < -0.39 is 6.10 Å². The van der Waals surface area contributed by atoms with Gasteiger partial charge in [0.15, 0.2) is 0 Å². The Balaban J connectivity index is 1.63. The van der Waals surface area contributed by atoms with Crippen LogP contribution in [0.5, 0.6) is 0 Å². The van der Waals surface area contributed by atoms with Crippen LogP contribution in [0, 0.1) is 0 Å². The monoisotopic (exact) mass is 335 g/mol. The molecular formula is C15H18ClN5O2. The Labute approximate surface area is 139 Å². The zero-order chi connectivity index (χ0) is 16.5. The molecule has 1 unspecified atom stereocenters. The normalized spacial score (nSPS) is 11.6. The molecule has 0 fully saturated rings. The number of rotatable bonds is 7. The van der Waals surface area contributed by atoms with Gasteiger partial charge in [0.2, 0.25) is 5.95 Å². The molecule has 1 aromatic carbocycles. The summed E-state index contributed by atoms with van der Waals surface area (Å²) in [7, 11) is 0. The van der Waals surface area contributed by atoms with Crippen LogP contribution in [-0.4, -0.2) is 40.7 Å². The van der Waals surface area contributed by atoms with Crippen molar-refractivity contribution < 1.29 is 9.90 Å². The molecule has 0 bridgehead atoms. The molecule has 122 valence electrons. The number of amides is 2. The maximum atomic E-state index is 11.6. The number of nitrogens with zero attached hydrogens (tertiary/aromatic N) is 2. The molecule has 1 heterocycles. The van der Waals surface area contributed by atoms with Crippen LogP contribution in [0.15, 0.2) is 42.7 Å². The summed E-state index contributed by atoms with van der Waals surface area (Å²) in [6, 6.07) is 8.25. The molecule has 1 atom stereocenters. The highest BCUT2D eigenvalue weighted by molar-refractivity contribution is 6.30. The minimum atomic E-state index is -0.810. The van der Waals surface area contributed by atoms with Crippen molar-refractivity contribution in [3.05, 3.63) is 53.3 Å². The first-order chi connectivity index (χ1) is 11.1. The predicted octanol–water partition coefficient (Wildman–Crippen LogP) is 1.57. The lowest BCUT2D eigenvalue weighted by atomic mass is 10.1. The van der Waals surface area contributed by atoms with E-state index in [0.29, 0.717) is 29.6 Å². The number of benzene rings is 1. The fourth-order valence-electron chi connectivity index (χ4n) is 1.82. The van der Waals surface area contributed by atoms with Crippen molar-refractivity contribution in [3.63, 3.8) is 0 Å². The van der Waals surface area contributed by atoms with Gasteiger partial charge in [-0.25, -0.2) is 14.8 Å². The lowest BCUT2D eigenvalue weighted by Crippen LogP contribution is -2.39. The Morgan fingerprint density at radius 3 is 2.70 bits per heavy atom. The fraction of sp³-hybridized carbons (Fsp3) is 0.267. The van der Waals surface area contributed by atoms with Crippen molar-refractivity contribution >= 4 is 23.6 Å². The first-order valence-corrected chi connectivity index (χ1v) is 7.49. The van der Waals surface area contributed by atoms with E-state index in [-0.39, 0.29) is 12.6 Å². The minimum absolute atomic E-state index is 0.0986. The molecule has 2 amide bonds. The number of halogens is 1. The van der Waals surface area contributed by atoms with Gasteiger partial charge in [-0.2, -0.15) is 0 Å². The zero-order valence-corrected chi connectivity index (χ0v) is 13.1.